The third-order valence-corrected chi connectivity index (χ3v) is 13.5. The lowest BCUT2D eigenvalue weighted by molar-refractivity contribution is -0.167. The van der Waals surface area contributed by atoms with Crippen molar-refractivity contribution in [2.45, 2.75) is 336 Å². The molecule has 0 spiro atoms. The van der Waals surface area contributed by atoms with Crippen LogP contribution in [-0.4, -0.2) is 37.2 Å². The Balaban J connectivity index is 4.28. The molecule has 0 unspecified atom stereocenters. The molecular weight excluding hydrogens is 805 g/mol. The molecule has 6 nitrogen and oxygen atoms in total. The summed E-state index contributed by atoms with van der Waals surface area (Å²) in [5, 5.41) is 0. The first-order chi connectivity index (χ1) is 31.7. The molecule has 0 aliphatic rings. The van der Waals surface area contributed by atoms with Crippen LogP contribution in [0.4, 0.5) is 0 Å². The summed E-state index contributed by atoms with van der Waals surface area (Å²) < 4.78 is 16.9. The molecule has 0 rings (SSSR count). The van der Waals surface area contributed by atoms with Crippen molar-refractivity contribution in [2.24, 2.45) is 11.8 Å². The van der Waals surface area contributed by atoms with E-state index in [2.05, 4.69) is 34.6 Å². The number of unbranched alkanes of at least 4 members (excludes halogenated alkanes) is 38. The van der Waals surface area contributed by atoms with Gasteiger partial charge in [-0.3, -0.25) is 14.4 Å². The van der Waals surface area contributed by atoms with Gasteiger partial charge >= 0.3 is 17.9 Å². The van der Waals surface area contributed by atoms with Crippen molar-refractivity contribution in [3.05, 3.63) is 0 Å². The van der Waals surface area contributed by atoms with Crippen LogP contribution in [0.3, 0.4) is 0 Å². The quantitative estimate of drug-likeness (QED) is 0.0344. The van der Waals surface area contributed by atoms with E-state index in [1.807, 2.05) is 0 Å². The van der Waals surface area contributed by atoms with Gasteiger partial charge in [-0.05, 0) is 31.1 Å². The highest BCUT2D eigenvalue weighted by atomic mass is 16.6. The van der Waals surface area contributed by atoms with Crippen molar-refractivity contribution in [3.8, 4) is 0 Å². The summed E-state index contributed by atoms with van der Waals surface area (Å²) in [7, 11) is 0. The molecular formula is C59H114O6. The molecule has 65 heavy (non-hydrogen) atoms. The van der Waals surface area contributed by atoms with Gasteiger partial charge in [-0.25, -0.2) is 0 Å². The molecule has 0 amide bonds. The largest absolute Gasteiger partial charge is 0.462 e. The Kier molecular flexibility index (Phi) is 50.5. The minimum absolute atomic E-state index is 0.0625. The van der Waals surface area contributed by atoms with E-state index in [-0.39, 0.29) is 31.1 Å². The molecule has 0 aromatic carbocycles. The van der Waals surface area contributed by atoms with Crippen LogP contribution in [0.5, 0.6) is 0 Å². The van der Waals surface area contributed by atoms with Gasteiger partial charge in [0.2, 0.25) is 0 Å². The number of hydrogen-bond donors (Lipinski definition) is 0. The van der Waals surface area contributed by atoms with E-state index < -0.39 is 6.10 Å². The zero-order valence-corrected chi connectivity index (χ0v) is 44.6. The normalized spacial score (nSPS) is 12.0. The van der Waals surface area contributed by atoms with Crippen LogP contribution < -0.4 is 0 Å². The van der Waals surface area contributed by atoms with E-state index in [1.165, 1.54) is 218 Å². The number of ether oxygens (including phenoxy) is 3. The van der Waals surface area contributed by atoms with E-state index >= 15 is 0 Å². The Morgan fingerprint density at radius 2 is 0.508 bits per heavy atom. The van der Waals surface area contributed by atoms with Gasteiger partial charge < -0.3 is 14.2 Å². The molecule has 6 heteroatoms. The first kappa shape index (κ1) is 63.4. The molecule has 0 saturated heterocycles. The van der Waals surface area contributed by atoms with E-state index in [1.54, 1.807) is 0 Å². The highest BCUT2D eigenvalue weighted by molar-refractivity contribution is 5.71. The van der Waals surface area contributed by atoms with E-state index in [4.69, 9.17) is 14.2 Å². The Bertz CT molecular complexity index is 993. The van der Waals surface area contributed by atoms with Crippen LogP contribution in [0.1, 0.15) is 330 Å². The first-order valence-corrected chi connectivity index (χ1v) is 29.2. The summed E-state index contributed by atoms with van der Waals surface area (Å²) in [6, 6.07) is 0. The fourth-order valence-corrected chi connectivity index (χ4v) is 9.05. The topological polar surface area (TPSA) is 78.9 Å². The predicted molar refractivity (Wildman–Crippen MR) is 280 cm³/mol. The number of esters is 3. The first-order valence-electron chi connectivity index (χ1n) is 29.2. The van der Waals surface area contributed by atoms with Gasteiger partial charge in [-0.2, -0.15) is 0 Å². The summed E-state index contributed by atoms with van der Waals surface area (Å²) in [5.41, 5.74) is 0. The van der Waals surface area contributed by atoms with Crippen LogP contribution in [0.2, 0.25) is 0 Å². The van der Waals surface area contributed by atoms with Gasteiger partial charge in [-0.15, -0.1) is 0 Å². The molecule has 0 aromatic rings. The van der Waals surface area contributed by atoms with Crippen molar-refractivity contribution in [2.75, 3.05) is 13.2 Å². The van der Waals surface area contributed by atoms with Gasteiger partial charge in [-0.1, -0.05) is 291 Å². The van der Waals surface area contributed by atoms with Gasteiger partial charge in [0.05, 0.1) is 0 Å². The average molecular weight is 920 g/mol. The highest BCUT2D eigenvalue weighted by Gasteiger charge is 2.19. The highest BCUT2D eigenvalue weighted by Crippen LogP contribution is 2.18. The monoisotopic (exact) mass is 919 g/mol. The lowest BCUT2D eigenvalue weighted by atomic mass is 10.0. The summed E-state index contributed by atoms with van der Waals surface area (Å²) in [6.45, 7) is 11.4. The van der Waals surface area contributed by atoms with E-state index in [0.29, 0.717) is 19.3 Å². The van der Waals surface area contributed by atoms with Gasteiger partial charge in [0.1, 0.15) is 13.2 Å². The lowest BCUT2D eigenvalue weighted by Gasteiger charge is -2.18. The molecule has 0 radical (unpaired) electrons. The second kappa shape index (κ2) is 51.8. The van der Waals surface area contributed by atoms with Gasteiger partial charge in [0, 0.05) is 19.3 Å². The maximum atomic E-state index is 12.9. The molecule has 0 fully saturated rings. The fraction of sp³-hybridized carbons (Fsp3) is 0.949. The maximum absolute atomic E-state index is 12.9. The van der Waals surface area contributed by atoms with Gasteiger partial charge in [0.15, 0.2) is 6.10 Å². The molecule has 0 aliphatic heterocycles. The van der Waals surface area contributed by atoms with Crippen molar-refractivity contribution in [1.29, 1.82) is 0 Å². The van der Waals surface area contributed by atoms with Crippen LogP contribution in [0, 0.1) is 11.8 Å². The Hall–Kier alpha value is -1.59. The summed E-state index contributed by atoms with van der Waals surface area (Å²) in [6.07, 6.45) is 55.2. The molecule has 1 atom stereocenters. The maximum Gasteiger partial charge on any atom is 0.306 e. The Morgan fingerprint density at radius 1 is 0.292 bits per heavy atom. The zero-order valence-electron chi connectivity index (χ0n) is 44.6. The van der Waals surface area contributed by atoms with Crippen molar-refractivity contribution in [1.82, 2.24) is 0 Å². The van der Waals surface area contributed by atoms with Crippen LogP contribution in [-0.2, 0) is 28.6 Å². The van der Waals surface area contributed by atoms with E-state index in [9.17, 15) is 14.4 Å². The molecule has 0 N–H and O–H groups in total. The fourth-order valence-electron chi connectivity index (χ4n) is 9.05. The number of hydrogen-bond acceptors (Lipinski definition) is 6. The Labute approximate surface area is 406 Å². The van der Waals surface area contributed by atoms with Crippen molar-refractivity contribution >= 4 is 17.9 Å². The third-order valence-electron chi connectivity index (χ3n) is 13.5. The smallest absolute Gasteiger partial charge is 0.306 e. The minimum atomic E-state index is -0.762. The third kappa shape index (κ3) is 53.2. The number of carbonyl (C=O) groups is 3. The van der Waals surface area contributed by atoms with Gasteiger partial charge in [0.25, 0.3) is 0 Å². The molecule has 0 aromatic heterocycles. The molecule has 0 aliphatic carbocycles. The van der Waals surface area contributed by atoms with Crippen molar-refractivity contribution < 1.29 is 28.6 Å². The summed E-state index contributed by atoms with van der Waals surface area (Å²) in [4.78, 5) is 38.1. The Morgan fingerprint density at radius 3 is 0.754 bits per heavy atom. The summed E-state index contributed by atoms with van der Waals surface area (Å²) in [5.74, 6) is 0.848. The average Bonchev–Trinajstić information content (AvgIpc) is 3.28. The second-order valence-corrected chi connectivity index (χ2v) is 21.2. The van der Waals surface area contributed by atoms with Crippen LogP contribution in [0.25, 0.3) is 0 Å². The van der Waals surface area contributed by atoms with Crippen LogP contribution in [0.15, 0.2) is 0 Å². The lowest BCUT2D eigenvalue weighted by Crippen LogP contribution is -2.30. The minimum Gasteiger partial charge on any atom is -0.462 e. The number of rotatable bonds is 53. The van der Waals surface area contributed by atoms with Crippen LogP contribution >= 0.6 is 0 Å². The van der Waals surface area contributed by atoms with Crippen molar-refractivity contribution in [3.63, 3.8) is 0 Å². The molecule has 0 heterocycles. The SMILES string of the molecule is CCCCCCCCCCCCCCCC(=O)OC[C@@H](COC(=O)CCCCCCCCCCCCCCC(C)C)OC(=O)CCCCCCCCCCCCCCCCCCC(C)C. The van der Waals surface area contributed by atoms with E-state index in [0.717, 1.165) is 69.6 Å². The molecule has 0 saturated carbocycles. The number of carbonyl (C=O) groups excluding carboxylic acids is 3. The second-order valence-electron chi connectivity index (χ2n) is 21.2. The molecule has 386 valence electrons. The zero-order chi connectivity index (χ0) is 47.5. The summed E-state index contributed by atoms with van der Waals surface area (Å²) >= 11 is 0. The predicted octanol–water partition coefficient (Wildman–Crippen LogP) is 19.3. The standard InChI is InChI=1S/C59H114O6/c1-6-7-8-9-10-11-12-17-24-29-34-39-44-49-57(60)63-52-56(53-64-58(61)50-45-40-35-30-25-21-20-23-28-33-38-43-48-55(4)5)65-59(62)51-46-41-36-31-26-19-16-14-13-15-18-22-27-32-37-42-47-54(2)3/h54-56H,6-53H2,1-5H3/t56-/m0/s1. The molecule has 0 bridgehead atoms.